The SMILES string of the molecule is CN1CCCC1C1CCCN1C(=O)Cc1cn2ccsc2n1. The van der Waals surface area contributed by atoms with Gasteiger partial charge in [-0.3, -0.25) is 9.20 Å². The van der Waals surface area contributed by atoms with Crippen molar-refractivity contribution in [3.8, 4) is 0 Å². The maximum Gasteiger partial charge on any atom is 0.228 e. The summed E-state index contributed by atoms with van der Waals surface area (Å²) in [7, 11) is 2.20. The molecule has 2 saturated heterocycles. The second-order valence-corrected chi connectivity index (χ2v) is 7.36. The lowest BCUT2D eigenvalue weighted by Gasteiger charge is -2.33. The molecule has 4 heterocycles. The van der Waals surface area contributed by atoms with Crippen LogP contribution in [0.3, 0.4) is 0 Å². The van der Waals surface area contributed by atoms with Gasteiger partial charge in [-0.15, -0.1) is 11.3 Å². The van der Waals surface area contributed by atoms with E-state index >= 15 is 0 Å². The van der Waals surface area contributed by atoms with E-state index in [9.17, 15) is 4.79 Å². The predicted octanol–water partition coefficient (Wildman–Crippen LogP) is 2.02. The van der Waals surface area contributed by atoms with Crippen LogP contribution >= 0.6 is 11.3 Å². The molecular formula is C16H22N4OS. The molecule has 2 atom stereocenters. The molecule has 2 aromatic heterocycles. The largest absolute Gasteiger partial charge is 0.338 e. The summed E-state index contributed by atoms with van der Waals surface area (Å²) in [6.45, 7) is 2.08. The van der Waals surface area contributed by atoms with Crippen molar-refractivity contribution in [2.45, 2.75) is 44.2 Å². The van der Waals surface area contributed by atoms with Crippen LogP contribution in [0.15, 0.2) is 17.8 Å². The summed E-state index contributed by atoms with van der Waals surface area (Å²) in [5.74, 6) is 0.244. The topological polar surface area (TPSA) is 40.9 Å². The van der Waals surface area contributed by atoms with Crippen LogP contribution in [0.2, 0.25) is 0 Å². The van der Waals surface area contributed by atoms with E-state index in [0.29, 0.717) is 18.5 Å². The van der Waals surface area contributed by atoms with Gasteiger partial charge in [-0.2, -0.15) is 0 Å². The van der Waals surface area contributed by atoms with Gasteiger partial charge in [0.2, 0.25) is 5.91 Å². The van der Waals surface area contributed by atoms with E-state index in [1.807, 2.05) is 22.2 Å². The Morgan fingerprint density at radius 1 is 1.32 bits per heavy atom. The summed E-state index contributed by atoms with van der Waals surface area (Å²) in [5.41, 5.74) is 0.891. The number of hydrogen-bond acceptors (Lipinski definition) is 4. The average Bonchev–Trinajstić information content (AvgIpc) is 3.19. The molecule has 5 nitrogen and oxygen atoms in total. The first kappa shape index (κ1) is 14.2. The summed E-state index contributed by atoms with van der Waals surface area (Å²) in [6.07, 6.45) is 9.19. The van der Waals surface area contributed by atoms with Gasteiger partial charge in [0.15, 0.2) is 4.96 Å². The van der Waals surface area contributed by atoms with Crippen molar-refractivity contribution in [1.29, 1.82) is 0 Å². The predicted molar refractivity (Wildman–Crippen MR) is 87.2 cm³/mol. The standard InChI is InChI=1S/C16H22N4OS/c1-18-6-2-4-13(18)14-5-3-7-20(14)15(21)10-12-11-19-8-9-22-16(19)17-12/h8-9,11,13-14H,2-7,10H2,1H3. The van der Waals surface area contributed by atoms with Gasteiger partial charge >= 0.3 is 0 Å². The third-order valence-electron chi connectivity index (χ3n) is 5.12. The molecule has 6 heteroatoms. The van der Waals surface area contributed by atoms with Crippen LogP contribution in [0.25, 0.3) is 4.96 Å². The number of imidazole rings is 1. The van der Waals surface area contributed by atoms with Gasteiger partial charge in [0.25, 0.3) is 0 Å². The molecular weight excluding hydrogens is 296 g/mol. The molecule has 2 aliphatic heterocycles. The van der Waals surface area contributed by atoms with Crippen molar-refractivity contribution in [3.63, 3.8) is 0 Å². The first-order chi connectivity index (χ1) is 10.7. The lowest BCUT2D eigenvalue weighted by Crippen LogP contribution is -2.47. The molecule has 22 heavy (non-hydrogen) atoms. The van der Waals surface area contributed by atoms with Gasteiger partial charge < -0.3 is 9.80 Å². The van der Waals surface area contributed by atoms with Crippen molar-refractivity contribution in [2.24, 2.45) is 0 Å². The number of hydrogen-bond donors (Lipinski definition) is 0. The Hall–Kier alpha value is -1.40. The van der Waals surface area contributed by atoms with Crippen LogP contribution < -0.4 is 0 Å². The second kappa shape index (κ2) is 5.66. The van der Waals surface area contributed by atoms with Gasteiger partial charge in [-0.05, 0) is 39.3 Å². The van der Waals surface area contributed by atoms with E-state index < -0.39 is 0 Å². The Kier molecular flexibility index (Phi) is 3.66. The second-order valence-electron chi connectivity index (χ2n) is 6.49. The average molecular weight is 318 g/mol. The van der Waals surface area contributed by atoms with E-state index in [1.54, 1.807) is 11.3 Å². The summed E-state index contributed by atoms with van der Waals surface area (Å²) in [6, 6.07) is 0.959. The molecule has 2 fully saturated rings. The Bertz CT molecular complexity index is 650. The van der Waals surface area contributed by atoms with E-state index in [2.05, 4.69) is 21.8 Å². The van der Waals surface area contributed by atoms with Crippen LogP contribution in [0.5, 0.6) is 0 Å². The number of likely N-dealkylation sites (tertiary alicyclic amines) is 2. The molecule has 0 N–H and O–H groups in total. The molecule has 4 rings (SSSR count). The number of aromatic nitrogens is 2. The number of fused-ring (bicyclic) bond motifs is 1. The van der Waals surface area contributed by atoms with Crippen LogP contribution in [-0.4, -0.2) is 57.3 Å². The van der Waals surface area contributed by atoms with Gasteiger partial charge in [0.05, 0.1) is 12.1 Å². The van der Waals surface area contributed by atoms with Crippen molar-refractivity contribution in [3.05, 3.63) is 23.5 Å². The Morgan fingerprint density at radius 2 is 2.14 bits per heavy atom. The number of rotatable bonds is 3. The molecule has 0 saturated carbocycles. The number of likely N-dealkylation sites (N-methyl/N-ethyl adjacent to an activating group) is 1. The number of amides is 1. The number of thiazole rings is 1. The minimum atomic E-state index is 0.244. The molecule has 0 radical (unpaired) electrons. The minimum absolute atomic E-state index is 0.244. The highest BCUT2D eigenvalue weighted by Crippen LogP contribution is 2.29. The Balaban J connectivity index is 1.47. The lowest BCUT2D eigenvalue weighted by molar-refractivity contribution is -0.132. The fourth-order valence-corrected chi connectivity index (χ4v) is 4.76. The zero-order valence-corrected chi connectivity index (χ0v) is 13.8. The quantitative estimate of drug-likeness (QED) is 0.869. The van der Waals surface area contributed by atoms with Crippen LogP contribution in [0.1, 0.15) is 31.4 Å². The van der Waals surface area contributed by atoms with E-state index in [1.165, 1.54) is 19.4 Å². The monoisotopic (exact) mass is 318 g/mol. The number of carbonyl (C=O) groups excluding carboxylic acids is 1. The highest BCUT2D eigenvalue weighted by molar-refractivity contribution is 7.15. The summed E-state index contributed by atoms with van der Waals surface area (Å²) in [4.78, 5) is 22.8. The molecule has 0 aliphatic carbocycles. The highest BCUT2D eigenvalue weighted by atomic mass is 32.1. The summed E-state index contributed by atoms with van der Waals surface area (Å²) < 4.78 is 2.00. The molecule has 2 unspecified atom stereocenters. The first-order valence-corrected chi connectivity index (χ1v) is 9.01. The van der Waals surface area contributed by atoms with Crippen LogP contribution in [0.4, 0.5) is 0 Å². The molecule has 2 aliphatic rings. The van der Waals surface area contributed by atoms with Crippen LogP contribution in [-0.2, 0) is 11.2 Å². The van der Waals surface area contributed by atoms with E-state index in [-0.39, 0.29) is 5.91 Å². The van der Waals surface area contributed by atoms with Crippen molar-refractivity contribution in [2.75, 3.05) is 20.1 Å². The molecule has 0 bridgehead atoms. The van der Waals surface area contributed by atoms with Gasteiger partial charge in [0, 0.05) is 36.4 Å². The third-order valence-corrected chi connectivity index (χ3v) is 5.89. The molecule has 118 valence electrons. The maximum atomic E-state index is 12.7. The van der Waals surface area contributed by atoms with Gasteiger partial charge in [-0.1, -0.05) is 0 Å². The number of carbonyl (C=O) groups is 1. The van der Waals surface area contributed by atoms with Crippen molar-refractivity contribution in [1.82, 2.24) is 19.2 Å². The van der Waals surface area contributed by atoms with Gasteiger partial charge in [-0.25, -0.2) is 4.98 Å². The van der Waals surface area contributed by atoms with E-state index in [0.717, 1.165) is 30.0 Å². The van der Waals surface area contributed by atoms with E-state index in [4.69, 9.17) is 0 Å². The number of nitrogens with zero attached hydrogens (tertiary/aromatic N) is 4. The minimum Gasteiger partial charge on any atom is -0.338 e. The lowest BCUT2D eigenvalue weighted by atomic mass is 10.0. The molecule has 0 spiro atoms. The van der Waals surface area contributed by atoms with Gasteiger partial charge in [0.1, 0.15) is 0 Å². The zero-order chi connectivity index (χ0) is 15.1. The van der Waals surface area contributed by atoms with Crippen molar-refractivity contribution < 1.29 is 4.79 Å². The van der Waals surface area contributed by atoms with Crippen LogP contribution in [0, 0.1) is 0 Å². The summed E-state index contributed by atoms with van der Waals surface area (Å²) in [5, 5.41) is 2.01. The van der Waals surface area contributed by atoms with Crippen molar-refractivity contribution >= 4 is 22.2 Å². The Morgan fingerprint density at radius 3 is 2.91 bits per heavy atom. The molecule has 0 aromatic carbocycles. The molecule has 2 aromatic rings. The fourth-order valence-electron chi connectivity index (χ4n) is 4.04. The third kappa shape index (κ3) is 2.44. The maximum absolute atomic E-state index is 12.7. The fraction of sp³-hybridized carbons (Fsp3) is 0.625. The first-order valence-electron chi connectivity index (χ1n) is 8.13. The zero-order valence-electron chi connectivity index (χ0n) is 12.9. The normalized spacial score (nSPS) is 26.3. The summed E-state index contributed by atoms with van der Waals surface area (Å²) >= 11 is 1.61. The molecule has 1 amide bonds. The highest BCUT2D eigenvalue weighted by Gasteiger charge is 2.38. The smallest absolute Gasteiger partial charge is 0.228 e. The Labute approximate surface area is 134 Å².